The normalized spacial score (nSPS) is 10.8. The van der Waals surface area contributed by atoms with Crippen molar-refractivity contribution in [3.63, 3.8) is 0 Å². The minimum absolute atomic E-state index is 0. The first-order valence-electron chi connectivity index (χ1n) is 10.1. The molecule has 0 atom stereocenters. The standard InChI is InChI=1S/C24H28N4O3.HI/c1-4-25-24(28(2)17-18-10-12-21(30-3)13-11-18)26-16-19-7-5-8-20(15-19)27-23(29)22-9-6-14-31-22;/h5-15H,4,16-17H2,1-3H3,(H,25,26)(H,27,29);1H. The van der Waals surface area contributed by atoms with Crippen molar-refractivity contribution in [3.8, 4) is 5.75 Å². The first-order valence-corrected chi connectivity index (χ1v) is 10.1. The molecule has 1 aromatic heterocycles. The van der Waals surface area contributed by atoms with Crippen LogP contribution in [0.2, 0.25) is 0 Å². The largest absolute Gasteiger partial charge is 0.497 e. The third-order valence-electron chi connectivity index (χ3n) is 4.62. The maximum Gasteiger partial charge on any atom is 0.291 e. The summed E-state index contributed by atoms with van der Waals surface area (Å²) in [5.41, 5.74) is 2.85. The third kappa shape index (κ3) is 7.30. The van der Waals surface area contributed by atoms with Gasteiger partial charge in [0.25, 0.3) is 5.91 Å². The fraction of sp³-hybridized carbons (Fsp3) is 0.250. The molecule has 0 spiro atoms. The summed E-state index contributed by atoms with van der Waals surface area (Å²) in [7, 11) is 3.67. The van der Waals surface area contributed by atoms with Crippen molar-refractivity contribution in [3.05, 3.63) is 83.8 Å². The Bertz CT molecular complexity index is 1000. The average molecular weight is 548 g/mol. The number of carbonyl (C=O) groups is 1. The van der Waals surface area contributed by atoms with Gasteiger partial charge in [0.15, 0.2) is 11.7 Å². The van der Waals surface area contributed by atoms with Crippen LogP contribution in [0, 0.1) is 0 Å². The Kier molecular flexibility index (Phi) is 10.1. The lowest BCUT2D eigenvalue weighted by Crippen LogP contribution is -2.38. The lowest BCUT2D eigenvalue weighted by molar-refractivity contribution is 0.0996. The van der Waals surface area contributed by atoms with Crippen LogP contribution in [0.3, 0.4) is 0 Å². The molecule has 2 N–H and O–H groups in total. The number of hydrogen-bond donors (Lipinski definition) is 2. The van der Waals surface area contributed by atoms with Crippen LogP contribution in [0.4, 0.5) is 5.69 Å². The molecule has 1 heterocycles. The lowest BCUT2D eigenvalue weighted by atomic mass is 10.2. The number of anilines is 1. The molecular formula is C24H29IN4O3. The van der Waals surface area contributed by atoms with Crippen LogP contribution < -0.4 is 15.4 Å². The summed E-state index contributed by atoms with van der Waals surface area (Å²) < 4.78 is 10.4. The molecule has 0 aliphatic rings. The zero-order valence-electron chi connectivity index (χ0n) is 18.5. The number of carbonyl (C=O) groups excluding carboxylic acids is 1. The Labute approximate surface area is 205 Å². The fourth-order valence-corrected chi connectivity index (χ4v) is 3.06. The first-order chi connectivity index (χ1) is 15.1. The number of benzene rings is 2. The molecule has 3 aromatic rings. The first kappa shape index (κ1) is 25.3. The topological polar surface area (TPSA) is 79.1 Å². The molecule has 2 aromatic carbocycles. The molecule has 0 saturated heterocycles. The van der Waals surface area contributed by atoms with Crippen molar-refractivity contribution in [2.45, 2.75) is 20.0 Å². The summed E-state index contributed by atoms with van der Waals surface area (Å²) in [5, 5.41) is 6.17. The zero-order valence-corrected chi connectivity index (χ0v) is 20.8. The van der Waals surface area contributed by atoms with E-state index in [1.165, 1.54) is 6.26 Å². The summed E-state index contributed by atoms with van der Waals surface area (Å²) in [5.74, 6) is 1.64. The second kappa shape index (κ2) is 12.7. The number of nitrogens with zero attached hydrogens (tertiary/aromatic N) is 2. The van der Waals surface area contributed by atoms with Gasteiger partial charge in [-0.2, -0.15) is 0 Å². The number of aliphatic imine (C=N–C) groups is 1. The van der Waals surface area contributed by atoms with Gasteiger partial charge in [0.1, 0.15) is 5.75 Å². The molecule has 0 aliphatic heterocycles. The molecule has 170 valence electrons. The number of halogens is 1. The smallest absolute Gasteiger partial charge is 0.291 e. The minimum atomic E-state index is -0.279. The average Bonchev–Trinajstić information content (AvgIpc) is 3.32. The number of guanidine groups is 1. The van der Waals surface area contributed by atoms with Crippen LogP contribution in [0.1, 0.15) is 28.6 Å². The molecule has 0 bridgehead atoms. The van der Waals surface area contributed by atoms with Gasteiger partial charge in [-0.15, -0.1) is 24.0 Å². The minimum Gasteiger partial charge on any atom is -0.497 e. The van der Waals surface area contributed by atoms with E-state index < -0.39 is 0 Å². The summed E-state index contributed by atoms with van der Waals surface area (Å²) in [6, 6.07) is 19.0. The highest BCUT2D eigenvalue weighted by molar-refractivity contribution is 14.0. The van der Waals surface area contributed by atoms with Crippen LogP contribution in [-0.4, -0.2) is 37.5 Å². The Morgan fingerprint density at radius 1 is 1.09 bits per heavy atom. The van der Waals surface area contributed by atoms with Crippen LogP contribution in [-0.2, 0) is 13.1 Å². The van der Waals surface area contributed by atoms with Gasteiger partial charge in [0.2, 0.25) is 0 Å². The Morgan fingerprint density at radius 3 is 2.53 bits per heavy atom. The van der Waals surface area contributed by atoms with Crippen LogP contribution >= 0.6 is 24.0 Å². The molecule has 8 heteroatoms. The molecule has 1 amide bonds. The number of furan rings is 1. The number of nitrogens with one attached hydrogen (secondary N) is 2. The van der Waals surface area contributed by atoms with Crippen molar-refractivity contribution in [2.24, 2.45) is 4.99 Å². The fourth-order valence-electron chi connectivity index (χ4n) is 3.06. The SMILES string of the molecule is CCNC(=NCc1cccc(NC(=O)c2ccco2)c1)N(C)Cc1ccc(OC)cc1.I. The predicted octanol–water partition coefficient (Wildman–Crippen LogP) is 4.76. The van der Waals surface area contributed by atoms with E-state index in [0.29, 0.717) is 12.2 Å². The van der Waals surface area contributed by atoms with Crippen LogP contribution in [0.15, 0.2) is 76.3 Å². The van der Waals surface area contributed by atoms with E-state index in [4.69, 9.17) is 14.1 Å². The molecule has 32 heavy (non-hydrogen) atoms. The van der Waals surface area contributed by atoms with Crippen molar-refractivity contribution in [1.29, 1.82) is 0 Å². The number of hydrogen-bond acceptors (Lipinski definition) is 4. The summed E-state index contributed by atoms with van der Waals surface area (Å²) in [6.07, 6.45) is 1.48. The Morgan fingerprint density at radius 2 is 1.88 bits per heavy atom. The van der Waals surface area contributed by atoms with Crippen molar-refractivity contribution in [2.75, 3.05) is 26.0 Å². The lowest BCUT2D eigenvalue weighted by Gasteiger charge is -2.22. The van der Waals surface area contributed by atoms with Gasteiger partial charge < -0.3 is 24.7 Å². The van der Waals surface area contributed by atoms with E-state index in [2.05, 4.69) is 15.5 Å². The monoisotopic (exact) mass is 548 g/mol. The van der Waals surface area contributed by atoms with E-state index in [9.17, 15) is 4.79 Å². The quantitative estimate of drug-likeness (QED) is 0.241. The van der Waals surface area contributed by atoms with Crippen LogP contribution in [0.5, 0.6) is 5.75 Å². The van der Waals surface area contributed by atoms with Gasteiger partial charge in [-0.1, -0.05) is 24.3 Å². The van der Waals surface area contributed by atoms with Crippen molar-refractivity contribution >= 4 is 41.5 Å². The van der Waals surface area contributed by atoms with E-state index >= 15 is 0 Å². The van der Waals surface area contributed by atoms with Gasteiger partial charge in [0, 0.05) is 25.8 Å². The van der Waals surface area contributed by atoms with Gasteiger partial charge in [-0.3, -0.25) is 4.79 Å². The number of methoxy groups -OCH3 is 1. The van der Waals surface area contributed by atoms with E-state index in [1.807, 2.05) is 62.5 Å². The Hall–Kier alpha value is -3.01. The van der Waals surface area contributed by atoms with E-state index in [-0.39, 0.29) is 35.6 Å². The molecule has 0 radical (unpaired) electrons. The summed E-state index contributed by atoms with van der Waals surface area (Å²) in [4.78, 5) is 19.0. The molecule has 0 saturated carbocycles. The highest BCUT2D eigenvalue weighted by Crippen LogP contribution is 2.15. The predicted molar refractivity (Wildman–Crippen MR) is 138 cm³/mol. The van der Waals surface area contributed by atoms with E-state index in [0.717, 1.165) is 35.9 Å². The molecule has 3 rings (SSSR count). The van der Waals surface area contributed by atoms with Gasteiger partial charge in [-0.25, -0.2) is 4.99 Å². The van der Waals surface area contributed by atoms with Crippen molar-refractivity contribution in [1.82, 2.24) is 10.2 Å². The third-order valence-corrected chi connectivity index (χ3v) is 4.62. The second-order valence-electron chi connectivity index (χ2n) is 7.01. The van der Waals surface area contributed by atoms with E-state index in [1.54, 1.807) is 19.2 Å². The highest BCUT2D eigenvalue weighted by atomic mass is 127. The number of rotatable bonds is 8. The molecule has 0 unspecified atom stereocenters. The second-order valence-corrected chi connectivity index (χ2v) is 7.01. The van der Waals surface area contributed by atoms with Gasteiger partial charge >= 0.3 is 0 Å². The highest BCUT2D eigenvalue weighted by Gasteiger charge is 2.10. The maximum absolute atomic E-state index is 12.2. The molecule has 0 fully saturated rings. The maximum atomic E-state index is 12.2. The number of ether oxygens (including phenoxy) is 1. The Balaban J connectivity index is 0.00000363. The van der Waals surface area contributed by atoms with Gasteiger partial charge in [0.05, 0.1) is 19.9 Å². The van der Waals surface area contributed by atoms with Crippen LogP contribution in [0.25, 0.3) is 0 Å². The molecule has 0 aliphatic carbocycles. The molecule has 7 nitrogen and oxygen atoms in total. The number of amides is 1. The zero-order chi connectivity index (χ0) is 22.1. The van der Waals surface area contributed by atoms with Gasteiger partial charge in [-0.05, 0) is 54.4 Å². The summed E-state index contributed by atoms with van der Waals surface area (Å²) in [6.45, 7) is 4.02. The summed E-state index contributed by atoms with van der Waals surface area (Å²) >= 11 is 0. The van der Waals surface area contributed by atoms with Crippen molar-refractivity contribution < 1.29 is 13.9 Å². The molecular weight excluding hydrogens is 519 g/mol.